The summed E-state index contributed by atoms with van der Waals surface area (Å²) >= 11 is 1.76. The molecule has 1 fully saturated rings. The van der Waals surface area contributed by atoms with Gasteiger partial charge in [-0.25, -0.2) is 13.8 Å². The molecular weight excluding hydrogens is 462 g/mol. The molecule has 4 nitrogen and oxygen atoms in total. The molecule has 35 heavy (non-hydrogen) atoms. The van der Waals surface area contributed by atoms with Crippen molar-refractivity contribution in [1.29, 1.82) is 0 Å². The van der Waals surface area contributed by atoms with Crippen molar-refractivity contribution in [3.8, 4) is 0 Å². The molecule has 0 unspecified atom stereocenters. The highest BCUT2D eigenvalue weighted by molar-refractivity contribution is 7.17. The molecule has 1 N–H and O–H groups in total. The number of thiophene rings is 1. The number of benzene rings is 2. The van der Waals surface area contributed by atoms with Crippen LogP contribution < -0.4 is 5.32 Å². The largest absolute Gasteiger partial charge is 0.353 e. The van der Waals surface area contributed by atoms with Crippen LogP contribution >= 0.6 is 11.3 Å². The number of rotatable bonds is 3. The number of nitrogens with zero attached hydrogens (tertiary/aromatic N) is 3. The third-order valence-electron chi connectivity index (χ3n) is 7.23. The van der Waals surface area contributed by atoms with Crippen molar-refractivity contribution in [3.63, 3.8) is 0 Å². The maximum atomic E-state index is 14.1. The second-order valence-corrected chi connectivity index (χ2v) is 10.7. The van der Waals surface area contributed by atoms with Crippen molar-refractivity contribution in [2.45, 2.75) is 31.7 Å². The molecule has 0 amide bonds. The zero-order chi connectivity index (χ0) is 23.9. The Morgan fingerprint density at radius 3 is 2.89 bits per heavy atom. The summed E-state index contributed by atoms with van der Waals surface area (Å²) in [5.74, 6) is 0.514. The number of amidine groups is 1. The Bertz CT molecular complexity index is 1330. The van der Waals surface area contributed by atoms with E-state index in [2.05, 4.69) is 34.3 Å². The van der Waals surface area contributed by atoms with Gasteiger partial charge >= 0.3 is 0 Å². The molecule has 1 atom stereocenters. The second kappa shape index (κ2) is 9.21. The summed E-state index contributed by atoms with van der Waals surface area (Å²) < 4.78 is 27.8. The lowest BCUT2D eigenvalue weighted by atomic mass is 9.99. The smallest absolute Gasteiger partial charge is 0.140 e. The van der Waals surface area contributed by atoms with E-state index >= 15 is 0 Å². The molecule has 0 spiro atoms. The van der Waals surface area contributed by atoms with Crippen LogP contribution in [0.25, 0.3) is 6.08 Å². The van der Waals surface area contributed by atoms with E-state index in [1.165, 1.54) is 28.6 Å². The molecule has 1 aromatic heterocycles. The summed E-state index contributed by atoms with van der Waals surface area (Å²) in [7, 11) is 2.17. The first-order valence-electron chi connectivity index (χ1n) is 12.2. The quantitative estimate of drug-likeness (QED) is 0.463. The average Bonchev–Trinajstić information content (AvgIpc) is 3.13. The van der Waals surface area contributed by atoms with Gasteiger partial charge in [0.25, 0.3) is 0 Å². The zero-order valence-corrected chi connectivity index (χ0v) is 20.5. The van der Waals surface area contributed by atoms with Crippen molar-refractivity contribution in [2.24, 2.45) is 4.99 Å². The number of nitrogens with one attached hydrogen (secondary N) is 1. The van der Waals surface area contributed by atoms with Crippen molar-refractivity contribution >= 4 is 39.6 Å². The van der Waals surface area contributed by atoms with Crippen molar-refractivity contribution in [3.05, 3.63) is 81.7 Å². The number of piperazine rings is 1. The first-order valence-corrected chi connectivity index (χ1v) is 13.0. The lowest BCUT2D eigenvalue weighted by molar-refractivity contribution is 0.134. The maximum Gasteiger partial charge on any atom is 0.140 e. The van der Waals surface area contributed by atoms with Crippen LogP contribution in [0.15, 0.2) is 53.5 Å². The summed E-state index contributed by atoms with van der Waals surface area (Å²) in [5, 5.41) is 4.54. The second-order valence-electron chi connectivity index (χ2n) is 9.56. The normalized spacial score (nSPS) is 19.3. The highest BCUT2D eigenvalue weighted by Crippen LogP contribution is 2.44. The molecule has 3 aromatic rings. The molecule has 0 radical (unpaired) electrons. The topological polar surface area (TPSA) is 30.9 Å². The van der Waals surface area contributed by atoms with Gasteiger partial charge in [0.1, 0.15) is 22.5 Å². The Balaban J connectivity index is 1.34. The van der Waals surface area contributed by atoms with E-state index in [-0.39, 0.29) is 11.6 Å². The number of hydrogen-bond acceptors (Lipinski definition) is 5. The minimum atomic E-state index is -0.269. The number of aliphatic imine (C=N–C) groups is 1. The van der Waals surface area contributed by atoms with Gasteiger partial charge in [-0.2, -0.15) is 0 Å². The Labute approximate surface area is 208 Å². The molecule has 2 aliphatic heterocycles. The highest BCUT2D eigenvalue weighted by Gasteiger charge is 2.32. The van der Waals surface area contributed by atoms with Gasteiger partial charge in [0.15, 0.2) is 0 Å². The SMILES string of the molecule is CN1CCN(C2=Nc3ccc(F)cc3Nc3sc4c(c32)C=CCC4)C[C@@H]1CCc1cccc(F)c1. The summed E-state index contributed by atoms with van der Waals surface area (Å²) in [6, 6.07) is 12.0. The third-order valence-corrected chi connectivity index (χ3v) is 8.41. The molecule has 0 saturated carbocycles. The van der Waals surface area contributed by atoms with E-state index in [1.807, 2.05) is 6.07 Å². The monoisotopic (exact) mass is 490 g/mol. The Morgan fingerprint density at radius 1 is 1.11 bits per heavy atom. The standard InChI is InChI=1S/C28H28F2N4S/c1-33-13-14-34(17-21(33)11-9-18-5-4-6-19(29)15-18)27-26-22-7-2-3-8-25(22)35-28(26)32-24-16-20(30)10-12-23(24)31-27/h2,4-7,10,12,15-16,21,32H,3,8-9,11,13-14,17H2,1H3/t21-/m0/s1. The van der Waals surface area contributed by atoms with Crippen LogP contribution in [0.4, 0.5) is 25.2 Å². The fourth-order valence-corrected chi connectivity index (χ4v) is 6.49. The summed E-state index contributed by atoms with van der Waals surface area (Å²) in [6.07, 6.45) is 8.29. The molecule has 6 rings (SSSR count). The molecule has 180 valence electrons. The molecule has 0 bridgehead atoms. The number of fused-ring (bicyclic) bond motifs is 4. The van der Waals surface area contributed by atoms with Gasteiger partial charge < -0.3 is 10.2 Å². The van der Waals surface area contributed by atoms with E-state index in [9.17, 15) is 8.78 Å². The molecule has 1 saturated heterocycles. The number of likely N-dealkylation sites (N-methyl/N-ethyl adjacent to an activating group) is 1. The fraction of sp³-hybridized carbons (Fsp3) is 0.321. The van der Waals surface area contributed by atoms with E-state index in [4.69, 9.17) is 4.99 Å². The number of anilines is 2. The molecule has 7 heteroatoms. The van der Waals surface area contributed by atoms with Gasteiger partial charge in [-0.1, -0.05) is 24.3 Å². The lowest BCUT2D eigenvalue weighted by Crippen LogP contribution is -2.53. The van der Waals surface area contributed by atoms with E-state index < -0.39 is 0 Å². The predicted octanol–water partition coefficient (Wildman–Crippen LogP) is 6.37. The van der Waals surface area contributed by atoms with Crippen molar-refractivity contribution in [2.75, 3.05) is 32.0 Å². The zero-order valence-electron chi connectivity index (χ0n) is 19.7. The first kappa shape index (κ1) is 22.4. The Hall–Kier alpha value is -3.03. The summed E-state index contributed by atoms with van der Waals surface area (Å²) in [4.78, 5) is 11.3. The average molecular weight is 491 g/mol. The number of halogens is 2. The minimum absolute atomic E-state index is 0.181. The number of allylic oxidation sites excluding steroid dienone is 1. The van der Waals surface area contributed by atoms with Crippen LogP contribution in [-0.2, 0) is 12.8 Å². The van der Waals surface area contributed by atoms with E-state index in [1.54, 1.807) is 29.5 Å². The molecule has 2 aromatic carbocycles. The van der Waals surface area contributed by atoms with Crippen LogP contribution in [0.5, 0.6) is 0 Å². The summed E-state index contributed by atoms with van der Waals surface area (Å²) in [5.41, 5.74) is 4.87. The Morgan fingerprint density at radius 2 is 2.00 bits per heavy atom. The van der Waals surface area contributed by atoms with Gasteiger partial charge in [0, 0.05) is 36.1 Å². The molecule has 3 aliphatic rings. The number of aryl methyl sites for hydroxylation is 2. The summed E-state index contributed by atoms with van der Waals surface area (Å²) in [6.45, 7) is 2.64. The van der Waals surface area contributed by atoms with Crippen molar-refractivity contribution in [1.82, 2.24) is 9.80 Å². The molecule has 3 heterocycles. The van der Waals surface area contributed by atoms with Gasteiger partial charge in [-0.15, -0.1) is 11.3 Å². The number of hydrogen-bond donors (Lipinski definition) is 1. The van der Waals surface area contributed by atoms with Crippen LogP contribution in [0, 0.1) is 11.6 Å². The van der Waals surface area contributed by atoms with Gasteiger partial charge in [-0.05, 0) is 68.6 Å². The van der Waals surface area contributed by atoms with Crippen LogP contribution in [0.3, 0.4) is 0 Å². The molecule has 1 aliphatic carbocycles. The van der Waals surface area contributed by atoms with Crippen molar-refractivity contribution < 1.29 is 8.78 Å². The maximum absolute atomic E-state index is 14.1. The minimum Gasteiger partial charge on any atom is -0.353 e. The Kier molecular flexibility index (Phi) is 5.90. The van der Waals surface area contributed by atoms with Crippen LogP contribution in [0.1, 0.15) is 34.4 Å². The first-order chi connectivity index (χ1) is 17.0. The van der Waals surface area contributed by atoms with Crippen LogP contribution in [0.2, 0.25) is 0 Å². The van der Waals surface area contributed by atoms with E-state index in [0.717, 1.165) is 73.0 Å². The van der Waals surface area contributed by atoms with Gasteiger partial charge in [-0.3, -0.25) is 4.90 Å². The predicted molar refractivity (Wildman–Crippen MR) is 140 cm³/mol. The fourth-order valence-electron chi connectivity index (χ4n) is 5.28. The van der Waals surface area contributed by atoms with Crippen LogP contribution in [-0.4, -0.2) is 48.4 Å². The lowest BCUT2D eigenvalue weighted by Gasteiger charge is -2.41. The molecular formula is C28H28F2N4S. The van der Waals surface area contributed by atoms with E-state index in [0.29, 0.717) is 11.7 Å². The van der Waals surface area contributed by atoms with Gasteiger partial charge in [0.05, 0.1) is 16.9 Å². The third kappa shape index (κ3) is 4.39. The highest BCUT2D eigenvalue weighted by atomic mass is 32.1. The van der Waals surface area contributed by atoms with Gasteiger partial charge in [0.2, 0.25) is 0 Å².